The predicted molar refractivity (Wildman–Crippen MR) is 126 cm³/mol. The molecule has 1 amide bonds. The third-order valence-corrected chi connectivity index (χ3v) is 6.82. The number of nitriles is 1. The number of carbonyl (C=O) groups is 2. The fraction of sp³-hybridized carbons (Fsp3) is 0.462. The number of piperidine rings is 1. The normalized spacial score (nSPS) is 17.7. The van der Waals surface area contributed by atoms with Gasteiger partial charge in [-0.25, -0.2) is 4.98 Å². The number of hydrogen-bond acceptors (Lipinski definition) is 6. The van der Waals surface area contributed by atoms with Crippen LogP contribution in [0.2, 0.25) is 0 Å². The second-order valence-electron chi connectivity index (χ2n) is 9.05. The maximum Gasteiger partial charge on any atom is 0.253 e. The van der Waals surface area contributed by atoms with Gasteiger partial charge in [0.2, 0.25) is 5.78 Å². The fourth-order valence-corrected chi connectivity index (χ4v) is 4.88. The second kappa shape index (κ2) is 10.8. The standard InChI is InChI=1S/C26H30N4O4/c27-14-21-15-28-25(29-21)23(32)13-20-7-6-19(12-22(20)18-4-2-1-3-5-18)17-8-10-30(11-9-17)26(34)24(33)16-31/h4,6-7,12,15,17,24,31,33H,1-3,5,8-11,13,16H2,(H,28,29). The van der Waals surface area contributed by atoms with Crippen LogP contribution in [0.1, 0.15) is 77.4 Å². The zero-order chi connectivity index (χ0) is 24.1. The number of nitrogens with zero attached hydrogens (tertiary/aromatic N) is 3. The van der Waals surface area contributed by atoms with Gasteiger partial charge in [0.1, 0.15) is 11.8 Å². The molecular weight excluding hydrogens is 432 g/mol. The van der Waals surface area contributed by atoms with Crippen molar-refractivity contribution in [3.8, 4) is 6.07 Å². The van der Waals surface area contributed by atoms with Gasteiger partial charge in [0.15, 0.2) is 11.9 Å². The van der Waals surface area contributed by atoms with Crippen LogP contribution in [0.15, 0.2) is 30.5 Å². The maximum absolute atomic E-state index is 12.8. The molecule has 34 heavy (non-hydrogen) atoms. The summed E-state index contributed by atoms with van der Waals surface area (Å²) in [5, 5.41) is 27.7. The number of likely N-dealkylation sites (tertiary alicyclic amines) is 1. The van der Waals surface area contributed by atoms with Gasteiger partial charge in [-0.1, -0.05) is 24.3 Å². The van der Waals surface area contributed by atoms with E-state index in [1.165, 1.54) is 23.8 Å². The van der Waals surface area contributed by atoms with E-state index in [2.05, 4.69) is 28.2 Å². The Morgan fingerprint density at radius 3 is 2.71 bits per heavy atom. The first kappa shape index (κ1) is 23.9. The van der Waals surface area contributed by atoms with E-state index in [1.807, 2.05) is 12.1 Å². The molecule has 1 aliphatic heterocycles. The van der Waals surface area contributed by atoms with Crippen LogP contribution in [0, 0.1) is 11.3 Å². The molecule has 0 saturated carbocycles. The maximum atomic E-state index is 12.8. The largest absolute Gasteiger partial charge is 0.393 e. The number of hydrogen-bond donors (Lipinski definition) is 3. The molecule has 2 aromatic rings. The van der Waals surface area contributed by atoms with Crippen LogP contribution in [-0.2, 0) is 11.2 Å². The first-order chi connectivity index (χ1) is 16.5. The summed E-state index contributed by atoms with van der Waals surface area (Å²) in [6.45, 7) is 0.518. The van der Waals surface area contributed by atoms with Crippen LogP contribution in [0.5, 0.6) is 0 Å². The molecule has 0 spiro atoms. The van der Waals surface area contributed by atoms with Gasteiger partial charge in [0, 0.05) is 19.5 Å². The number of amides is 1. The zero-order valence-electron chi connectivity index (χ0n) is 19.2. The van der Waals surface area contributed by atoms with Crippen molar-refractivity contribution in [2.24, 2.45) is 0 Å². The number of allylic oxidation sites excluding steroid dienone is 2. The topological polar surface area (TPSA) is 130 Å². The number of aromatic nitrogens is 2. The number of aliphatic hydroxyl groups is 2. The quantitative estimate of drug-likeness (QED) is 0.543. The summed E-state index contributed by atoms with van der Waals surface area (Å²) in [5.74, 6) is -0.0842. The Labute approximate surface area is 198 Å². The number of aromatic amines is 1. The molecule has 1 aromatic heterocycles. The number of H-pyrrole nitrogens is 1. The molecular formula is C26H30N4O4. The number of imidazole rings is 1. The highest BCUT2D eigenvalue weighted by molar-refractivity contribution is 5.95. The van der Waals surface area contributed by atoms with Crippen molar-refractivity contribution in [2.75, 3.05) is 19.7 Å². The van der Waals surface area contributed by atoms with Gasteiger partial charge < -0.3 is 20.1 Å². The Morgan fingerprint density at radius 1 is 1.26 bits per heavy atom. The number of Topliss-reactive ketones (excluding diaryl/α,β-unsaturated/α-hetero) is 1. The minimum atomic E-state index is -1.35. The lowest BCUT2D eigenvalue weighted by Gasteiger charge is -2.33. The Hall–Kier alpha value is -3.28. The molecule has 8 nitrogen and oxygen atoms in total. The second-order valence-corrected chi connectivity index (χ2v) is 9.05. The number of aliphatic hydroxyl groups excluding tert-OH is 2. The lowest BCUT2D eigenvalue weighted by molar-refractivity contribution is -0.143. The number of carbonyl (C=O) groups excluding carboxylic acids is 2. The van der Waals surface area contributed by atoms with Crippen molar-refractivity contribution in [1.29, 1.82) is 5.26 Å². The Morgan fingerprint density at radius 2 is 2.06 bits per heavy atom. The van der Waals surface area contributed by atoms with Gasteiger partial charge in [0.05, 0.1) is 12.8 Å². The molecule has 1 saturated heterocycles. The van der Waals surface area contributed by atoms with Crippen molar-refractivity contribution in [1.82, 2.24) is 14.9 Å². The number of benzene rings is 1. The van der Waals surface area contributed by atoms with Gasteiger partial charge >= 0.3 is 0 Å². The van der Waals surface area contributed by atoms with E-state index in [-0.39, 0.29) is 29.6 Å². The Bertz CT molecular complexity index is 1120. The molecule has 2 aliphatic rings. The summed E-state index contributed by atoms with van der Waals surface area (Å²) >= 11 is 0. The smallest absolute Gasteiger partial charge is 0.253 e. The highest BCUT2D eigenvalue weighted by Gasteiger charge is 2.28. The number of nitrogens with one attached hydrogen (secondary N) is 1. The highest BCUT2D eigenvalue weighted by Crippen LogP contribution is 2.35. The zero-order valence-corrected chi connectivity index (χ0v) is 19.2. The average Bonchev–Trinajstić information content (AvgIpc) is 3.38. The summed E-state index contributed by atoms with van der Waals surface area (Å²) in [6, 6.07) is 8.26. The summed E-state index contributed by atoms with van der Waals surface area (Å²) in [4.78, 5) is 33.5. The molecule has 3 N–H and O–H groups in total. The average molecular weight is 463 g/mol. The number of rotatable bonds is 7. The van der Waals surface area contributed by atoms with Gasteiger partial charge in [-0.15, -0.1) is 0 Å². The molecule has 4 rings (SSSR count). The Kier molecular flexibility index (Phi) is 7.56. The van der Waals surface area contributed by atoms with E-state index in [9.17, 15) is 14.7 Å². The van der Waals surface area contributed by atoms with Gasteiger partial charge in [-0.2, -0.15) is 5.26 Å². The van der Waals surface area contributed by atoms with E-state index in [4.69, 9.17) is 10.4 Å². The van der Waals surface area contributed by atoms with E-state index < -0.39 is 18.6 Å². The number of ketones is 1. The third kappa shape index (κ3) is 5.27. The molecule has 0 bridgehead atoms. The van der Waals surface area contributed by atoms with Crippen LogP contribution < -0.4 is 0 Å². The first-order valence-electron chi connectivity index (χ1n) is 11.9. The molecule has 1 unspecified atom stereocenters. The van der Waals surface area contributed by atoms with Crippen molar-refractivity contribution >= 4 is 17.3 Å². The SMILES string of the molecule is N#Cc1cnc(C(=O)Cc2ccc(C3CCN(C(=O)C(O)CO)CC3)cc2C2=CCCCC2)[nH]1. The molecule has 1 aromatic carbocycles. The molecule has 2 heterocycles. The minimum Gasteiger partial charge on any atom is -0.393 e. The van der Waals surface area contributed by atoms with Crippen molar-refractivity contribution in [2.45, 2.75) is 57.0 Å². The first-order valence-corrected chi connectivity index (χ1v) is 11.9. The third-order valence-electron chi connectivity index (χ3n) is 6.82. The van der Waals surface area contributed by atoms with E-state index in [0.717, 1.165) is 43.2 Å². The monoisotopic (exact) mass is 462 g/mol. The van der Waals surface area contributed by atoms with Crippen LogP contribution in [0.4, 0.5) is 0 Å². The van der Waals surface area contributed by atoms with Gasteiger partial charge in [0.25, 0.3) is 5.91 Å². The summed E-state index contributed by atoms with van der Waals surface area (Å²) in [5.41, 5.74) is 4.79. The molecule has 178 valence electrons. The molecule has 0 radical (unpaired) electrons. The summed E-state index contributed by atoms with van der Waals surface area (Å²) in [6.07, 6.45) is 8.38. The van der Waals surface area contributed by atoms with E-state index in [0.29, 0.717) is 13.1 Å². The van der Waals surface area contributed by atoms with Crippen LogP contribution >= 0.6 is 0 Å². The van der Waals surface area contributed by atoms with E-state index in [1.54, 1.807) is 4.90 Å². The molecule has 1 aliphatic carbocycles. The van der Waals surface area contributed by atoms with Crippen LogP contribution in [0.25, 0.3) is 5.57 Å². The molecule has 1 atom stereocenters. The van der Waals surface area contributed by atoms with Crippen molar-refractivity contribution in [3.05, 3.63) is 58.7 Å². The fourth-order valence-electron chi connectivity index (χ4n) is 4.88. The van der Waals surface area contributed by atoms with Gasteiger partial charge in [-0.05, 0) is 66.7 Å². The summed E-state index contributed by atoms with van der Waals surface area (Å²) < 4.78 is 0. The van der Waals surface area contributed by atoms with Gasteiger partial charge in [-0.3, -0.25) is 9.59 Å². The predicted octanol–water partition coefficient (Wildman–Crippen LogP) is 2.72. The van der Waals surface area contributed by atoms with Crippen molar-refractivity contribution < 1.29 is 19.8 Å². The molecule has 1 fully saturated rings. The van der Waals surface area contributed by atoms with Crippen LogP contribution in [0.3, 0.4) is 0 Å². The highest BCUT2D eigenvalue weighted by atomic mass is 16.3. The van der Waals surface area contributed by atoms with E-state index >= 15 is 0 Å². The lowest BCUT2D eigenvalue weighted by Crippen LogP contribution is -2.44. The lowest BCUT2D eigenvalue weighted by atomic mass is 9.83. The minimum absolute atomic E-state index is 0.152. The molecule has 8 heteroatoms. The Balaban J connectivity index is 1.54. The van der Waals surface area contributed by atoms with Crippen LogP contribution in [-0.4, -0.2) is 62.6 Å². The summed E-state index contributed by atoms with van der Waals surface area (Å²) in [7, 11) is 0. The van der Waals surface area contributed by atoms with Crippen molar-refractivity contribution in [3.63, 3.8) is 0 Å².